The van der Waals surface area contributed by atoms with Gasteiger partial charge in [-0.1, -0.05) is 18.5 Å². The van der Waals surface area contributed by atoms with Crippen LogP contribution in [0.2, 0.25) is 5.02 Å². The van der Waals surface area contributed by atoms with Crippen LogP contribution in [0, 0.1) is 5.92 Å². The third kappa shape index (κ3) is 5.57. The third-order valence-electron chi connectivity index (χ3n) is 5.65. The number of anilines is 1. The number of hydrogen-bond donors (Lipinski definition) is 1. The number of hydrogen-bond acceptors (Lipinski definition) is 4. The number of piperazine rings is 1. The number of nitrogens with zero attached hydrogens (tertiary/aromatic N) is 2. The van der Waals surface area contributed by atoms with Crippen LogP contribution < -0.4 is 10.5 Å². The number of nitrogen functional groups attached to an aromatic ring is 1. The van der Waals surface area contributed by atoms with Crippen molar-refractivity contribution < 1.29 is 9.53 Å². The van der Waals surface area contributed by atoms with E-state index in [2.05, 4.69) is 11.8 Å². The van der Waals surface area contributed by atoms with Crippen LogP contribution in [0.1, 0.15) is 43.0 Å². The normalized spacial score (nSPS) is 23.1. The van der Waals surface area contributed by atoms with E-state index in [-0.39, 0.29) is 30.7 Å². The highest BCUT2D eigenvalue weighted by Crippen LogP contribution is 2.31. The summed E-state index contributed by atoms with van der Waals surface area (Å²) >= 11 is 6.10. The zero-order valence-electron chi connectivity index (χ0n) is 15.9. The summed E-state index contributed by atoms with van der Waals surface area (Å²) in [6, 6.07) is 3.93. The van der Waals surface area contributed by atoms with Gasteiger partial charge in [0.05, 0.1) is 23.4 Å². The Morgan fingerprint density at radius 3 is 2.26 bits per heavy atom. The van der Waals surface area contributed by atoms with E-state index >= 15 is 0 Å². The molecule has 1 aromatic rings. The summed E-state index contributed by atoms with van der Waals surface area (Å²) in [5.41, 5.74) is 6.72. The molecule has 0 spiro atoms. The van der Waals surface area contributed by atoms with E-state index in [0.29, 0.717) is 28.1 Å². The van der Waals surface area contributed by atoms with Crippen LogP contribution in [0.3, 0.4) is 0 Å². The summed E-state index contributed by atoms with van der Waals surface area (Å²) in [5, 5.41) is 0.388. The number of carbonyl (C=O) groups excluding carboxylic acids is 1. The lowest BCUT2D eigenvalue weighted by molar-refractivity contribution is 0.0499. The topological polar surface area (TPSA) is 58.8 Å². The molecule has 0 aromatic heterocycles. The molecule has 2 fully saturated rings. The lowest BCUT2D eigenvalue weighted by Crippen LogP contribution is -2.52. The molecule has 1 saturated carbocycles. The van der Waals surface area contributed by atoms with Crippen LogP contribution in [0.15, 0.2) is 12.1 Å². The Morgan fingerprint density at radius 1 is 1.11 bits per heavy atom. The van der Waals surface area contributed by atoms with Crippen molar-refractivity contribution in [1.82, 2.24) is 9.80 Å². The molecule has 2 aliphatic rings. The Balaban J connectivity index is 0.00000182. The van der Waals surface area contributed by atoms with Crippen LogP contribution in [0.25, 0.3) is 0 Å². The van der Waals surface area contributed by atoms with E-state index in [0.717, 1.165) is 32.1 Å². The molecule has 0 bridgehead atoms. The molecule has 27 heavy (non-hydrogen) atoms. The fourth-order valence-corrected chi connectivity index (χ4v) is 4.14. The molecule has 0 unspecified atom stereocenters. The van der Waals surface area contributed by atoms with Gasteiger partial charge >= 0.3 is 0 Å². The highest BCUT2D eigenvalue weighted by Gasteiger charge is 2.29. The number of methoxy groups -OCH3 is 1. The minimum Gasteiger partial charge on any atom is -0.496 e. The van der Waals surface area contributed by atoms with E-state index < -0.39 is 0 Å². The zero-order valence-corrected chi connectivity index (χ0v) is 18.3. The highest BCUT2D eigenvalue weighted by atomic mass is 35.5. The second-order valence-electron chi connectivity index (χ2n) is 7.32. The summed E-state index contributed by atoms with van der Waals surface area (Å²) in [7, 11) is 1.54. The fourth-order valence-electron chi connectivity index (χ4n) is 3.97. The van der Waals surface area contributed by atoms with Crippen molar-refractivity contribution in [3.63, 3.8) is 0 Å². The monoisotopic (exact) mass is 437 g/mol. The lowest BCUT2D eigenvalue weighted by atomic mass is 9.86. The summed E-state index contributed by atoms with van der Waals surface area (Å²) < 4.78 is 5.32. The van der Waals surface area contributed by atoms with E-state index in [1.165, 1.54) is 25.7 Å². The standard InChI is InChI=1S/C19H28ClN3O2.2ClH/c1-13-3-5-14(6-4-13)22-7-9-23(10-8-22)19(24)15-11-16(20)17(21)12-18(15)25-2;;/h11-14H,3-10,21H2,1-2H3;2*1H. The first-order valence-electron chi connectivity index (χ1n) is 9.16. The fraction of sp³-hybridized carbons (Fsp3) is 0.632. The maximum Gasteiger partial charge on any atom is 0.257 e. The predicted molar refractivity (Wildman–Crippen MR) is 116 cm³/mol. The van der Waals surface area contributed by atoms with Crippen molar-refractivity contribution in [1.29, 1.82) is 0 Å². The molecule has 1 aliphatic heterocycles. The smallest absolute Gasteiger partial charge is 0.257 e. The van der Waals surface area contributed by atoms with E-state index in [1.54, 1.807) is 19.2 Å². The number of rotatable bonds is 3. The average Bonchev–Trinajstić information content (AvgIpc) is 2.64. The summed E-state index contributed by atoms with van der Waals surface area (Å²) in [4.78, 5) is 17.4. The van der Waals surface area contributed by atoms with Crippen LogP contribution in [0.4, 0.5) is 5.69 Å². The third-order valence-corrected chi connectivity index (χ3v) is 5.98. The maximum absolute atomic E-state index is 12.9. The average molecular weight is 439 g/mol. The van der Waals surface area contributed by atoms with E-state index in [9.17, 15) is 4.79 Å². The van der Waals surface area contributed by atoms with Gasteiger partial charge in [-0.15, -0.1) is 24.8 Å². The van der Waals surface area contributed by atoms with Crippen LogP contribution in [-0.4, -0.2) is 55.0 Å². The van der Waals surface area contributed by atoms with E-state index in [4.69, 9.17) is 22.1 Å². The SMILES string of the molecule is COc1cc(N)c(Cl)cc1C(=O)N1CCN(C2CCC(C)CC2)CC1.Cl.Cl. The molecule has 0 atom stereocenters. The second kappa shape index (κ2) is 10.6. The van der Waals surface area contributed by atoms with Crippen molar-refractivity contribution >= 4 is 48.0 Å². The van der Waals surface area contributed by atoms with Crippen molar-refractivity contribution in [2.24, 2.45) is 5.92 Å². The Bertz CT molecular complexity index is 629. The minimum atomic E-state index is -0.0318. The van der Waals surface area contributed by atoms with Gasteiger partial charge in [0.15, 0.2) is 0 Å². The Labute approximate surface area is 179 Å². The molecule has 0 radical (unpaired) electrons. The van der Waals surface area contributed by atoms with Gasteiger partial charge in [-0.25, -0.2) is 0 Å². The summed E-state index contributed by atoms with van der Waals surface area (Å²) in [6.45, 7) is 5.72. The summed E-state index contributed by atoms with van der Waals surface area (Å²) in [5.74, 6) is 1.31. The lowest BCUT2D eigenvalue weighted by Gasteiger charge is -2.41. The van der Waals surface area contributed by atoms with Gasteiger partial charge in [-0.2, -0.15) is 0 Å². The van der Waals surface area contributed by atoms with Gasteiger partial charge in [0.2, 0.25) is 0 Å². The second-order valence-corrected chi connectivity index (χ2v) is 7.72. The molecule has 1 aliphatic carbocycles. The maximum atomic E-state index is 12.9. The number of nitrogens with two attached hydrogens (primary N) is 1. The van der Waals surface area contributed by atoms with Gasteiger partial charge in [-0.3, -0.25) is 9.69 Å². The van der Waals surface area contributed by atoms with Crippen molar-refractivity contribution in [3.8, 4) is 5.75 Å². The van der Waals surface area contributed by atoms with Crippen LogP contribution in [-0.2, 0) is 0 Å². The first-order chi connectivity index (χ1) is 12.0. The molecule has 1 aromatic carbocycles. The quantitative estimate of drug-likeness (QED) is 0.721. The first-order valence-corrected chi connectivity index (χ1v) is 9.53. The Kier molecular flexibility index (Phi) is 9.49. The molecule has 154 valence electrons. The molecule has 8 heteroatoms. The molecule has 1 saturated heterocycles. The van der Waals surface area contributed by atoms with Gasteiger partial charge in [-0.05, 0) is 37.7 Å². The minimum absolute atomic E-state index is 0. The van der Waals surface area contributed by atoms with Crippen molar-refractivity contribution in [3.05, 3.63) is 22.7 Å². The first kappa shape index (κ1) is 24.2. The molecule has 2 N–H and O–H groups in total. The predicted octanol–water partition coefficient (Wildman–Crippen LogP) is 4.11. The van der Waals surface area contributed by atoms with Gasteiger partial charge < -0.3 is 15.4 Å². The zero-order chi connectivity index (χ0) is 18.0. The highest BCUT2D eigenvalue weighted by molar-refractivity contribution is 6.33. The molecule has 1 heterocycles. The van der Waals surface area contributed by atoms with Gasteiger partial charge in [0.1, 0.15) is 5.75 Å². The Morgan fingerprint density at radius 2 is 1.70 bits per heavy atom. The van der Waals surface area contributed by atoms with E-state index in [1.807, 2.05) is 4.90 Å². The van der Waals surface area contributed by atoms with Gasteiger partial charge in [0, 0.05) is 38.3 Å². The molecule has 5 nitrogen and oxygen atoms in total. The number of halogens is 3. The van der Waals surface area contributed by atoms with Gasteiger partial charge in [0.25, 0.3) is 5.91 Å². The molecular weight excluding hydrogens is 409 g/mol. The number of ether oxygens (including phenoxy) is 1. The largest absolute Gasteiger partial charge is 0.496 e. The van der Waals surface area contributed by atoms with Crippen LogP contribution >= 0.6 is 36.4 Å². The van der Waals surface area contributed by atoms with Crippen LogP contribution in [0.5, 0.6) is 5.75 Å². The van der Waals surface area contributed by atoms with Crippen molar-refractivity contribution in [2.45, 2.75) is 38.6 Å². The molecule has 1 amide bonds. The number of amides is 1. The number of carbonyl (C=O) groups is 1. The summed E-state index contributed by atoms with van der Waals surface area (Å²) in [6.07, 6.45) is 5.23. The molecular formula is C19H30Cl3N3O2. The van der Waals surface area contributed by atoms with Crippen molar-refractivity contribution in [2.75, 3.05) is 39.0 Å². The number of benzene rings is 1. The Hall–Kier alpha value is -0.880. The molecule has 3 rings (SSSR count).